The number of hydrogen-bond donors (Lipinski definition) is 1. The van der Waals surface area contributed by atoms with Crippen molar-refractivity contribution >= 4 is 11.3 Å². The fourth-order valence-electron chi connectivity index (χ4n) is 2.59. The van der Waals surface area contributed by atoms with Gasteiger partial charge in [0.25, 0.3) is 0 Å². The van der Waals surface area contributed by atoms with Crippen LogP contribution in [0.1, 0.15) is 31.5 Å². The standard InChI is InChI=1S/C13H19N5/c14-11-6-5-9-18-12(15-16-13(11)18)10-17-7-3-1-2-4-8-17/h5-6,9H,1-4,7-8,10,14H2. The normalized spacial score (nSPS) is 18.0. The van der Waals surface area contributed by atoms with Gasteiger partial charge in [-0.1, -0.05) is 12.8 Å². The second-order valence-electron chi connectivity index (χ2n) is 4.96. The molecule has 1 saturated heterocycles. The molecule has 2 N–H and O–H groups in total. The van der Waals surface area contributed by atoms with Crippen LogP contribution in [0.3, 0.4) is 0 Å². The van der Waals surface area contributed by atoms with Crippen LogP contribution in [-0.4, -0.2) is 32.6 Å². The summed E-state index contributed by atoms with van der Waals surface area (Å²) >= 11 is 0. The SMILES string of the molecule is Nc1cccn2c(CN3CCCCCC3)nnc12. The van der Waals surface area contributed by atoms with Gasteiger partial charge in [0.15, 0.2) is 11.5 Å². The summed E-state index contributed by atoms with van der Waals surface area (Å²) in [5.41, 5.74) is 7.34. The minimum Gasteiger partial charge on any atom is -0.396 e. The van der Waals surface area contributed by atoms with Crippen molar-refractivity contribution in [2.45, 2.75) is 32.2 Å². The summed E-state index contributed by atoms with van der Waals surface area (Å²) < 4.78 is 2.00. The summed E-state index contributed by atoms with van der Waals surface area (Å²) in [7, 11) is 0. The fraction of sp³-hybridized carbons (Fsp3) is 0.538. The van der Waals surface area contributed by atoms with Crippen LogP contribution in [0.4, 0.5) is 5.69 Å². The predicted molar refractivity (Wildman–Crippen MR) is 71.1 cm³/mol. The Hall–Kier alpha value is -1.62. The van der Waals surface area contributed by atoms with Crippen molar-refractivity contribution in [3.63, 3.8) is 0 Å². The minimum absolute atomic E-state index is 0.687. The molecule has 2 aromatic rings. The van der Waals surface area contributed by atoms with E-state index in [1.165, 1.54) is 25.7 Å². The van der Waals surface area contributed by atoms with E-state index in [-0.39, 0.29) is 0 Å². The van der Waals surface area contributed by atoms with Crippen molar-refractivity contribution in [2.24, 2.45) is 0 Å². The molecule has 1 fully saturated rings. The van der Waals surface area contributed by atoms with E-state index in [0.717, 1.165) is 31.1 Å². The first-order valence-electron chi connectivity index (χ1n) is 6.65. The maximum Gasteiger partial charge on any atom is 0.184 e. The van der Waals surface area contributed by atoms with Gasteiger partial charge in [0, 0.05) is 6.20 Å². The molecule has 5 heteroatoms. The molecule has 0 saturated carbocycles. The van der Waals surface area contributed by atoms with Gasteiger partial charge < -0.3 is 5.73 Å². The van der Waals surface area contributed by atoms with Crippen LogP contribution in [0.15, 0.2) is 18.3 Å². The summed E-state index contributed by atoms with van der Waals surface area (Å²) in [4.78, 5) is 2.46. The Morgan fingerprint density at radius 2 is 1.89 bits per heavy atom. The number of nitrogens with zero attached hydrogens (tertiary/aromatic N) is 4. The van der Waals surface area contributed by atoms with Crippen LogP contribution in [0.2, 0.25) is 0 Å². The van der Waals surface area contributed by atoms with Gasteiger partial charge in [-0.3, -0.25) is 9.30 Å². The Bertz CT molecular complexity index is 525. The third-order valence-corrected chi connectivity index (χ3v) is 3.60. The van der Waals surface area contributed by atoms with Crippen LogP contribution in [-0.2, 0) is 6.54 Å². The molecule has 0 aromatic carbocycles. The summed E-state index contributed by atoms with van der Waals surface area (Å²) in [6.07, 6.45) is 7.27. The van der Waals surface area contributed by atoms with Gasteiger partial charge in [-0.25, -0.2) is 0 Å². The van der Waals surface area contributed by atoms with Gasteiger partial charge in [0.1, 0.15) is 0 Å². The Morgan fingerprint density at radius 3 is 2.67 bits per heavy atom. The summed E-state index contributed by atoms with van der Waals surface area (Å²) in [6, 6.07) is 3.80. The molecule has 5 nitrogen and oxygen atoms in total. The van der Waals surface area contributed by atoms with E-state index >= 15 is 0 Å². The zero-order valence-corrected chi connectivity index (χ0v) is 10.5. The lowest BCUT2D eigenvalue weighted by molar-refractivity contribution is 0.269. The van der Waals surface area contributed by atoms with Crippen LogP contribution in [0.5, 0.6) is 0 Å². The molecule has 1 aliphatic rings. The molecule has 0 amide bonds. The van der Waals surface area contributed by atoms with Gasteiger partial charge in [-0.05, 0) is 38.1 Å². The predicted octanol–water partition coefficient (Wildman–Crippen LogP) is 1.69. The quantitative estimate of drug-likeness (QED) is 0.874. The van der Waals surface area contributed by atoms with E-state index in [9.17, 15) is 0 Å². The molecule has 0 atom stereocenters. The van der Waals surface area contributed by atoms with E-state index in [1.54, 1.807) is 0 Å². The molecular weight excluding hydrogens is 226 g/mol. The molecule has 18 heavy (non-hydrogen) atoms. The number of nitrogen functional groups attached to an aromatic ring is 1. The maximum atomic E-state index is 5.89. The van der Waals surface area contributed by atoms with E-state index < -0.39 is 0 Å². The summed E-state index contributed by atoms with van der Waals surface area (Å²) in [5, 5.41) is 8.44. The first kappa shape index (κ1) is 11.5. The van der Waals surface area contributed by atoms with Crippen molar-refractivity contribution in [3.05, 3.63) is 24.2 Å². The fourth-order valence-corrected chi connectivity index (χ4v) is 2.59. The Balaban J connectivity index is 1.83. The maximum absolute atomic E-state index is 5.89. The highest BCUT2D eigenvalue weighted by Crippen LogP contribution is 2.15. The van der Waals surface area contributed by atoms with E-state index in [1.807, 2.05) is 22.7 Å². The summed E-state index contributed by atoms with van der Waals surface area (Å²) in [6.45, 7) is 3.19. The number of pyridine rings is 1. The smallest absolute Gasteiger partial charge is 0.184 e. The molecule has 1 aliphatic heterocycles. The lowest BCUT2D eigenvalue weighted by Crippen LogP contribution is -2.25. The van der Waals surface area contributed by atoms with Crippen LogP contribution >= 0.6 is 0 Å². The van der Waals surface area contributed by atoms with Crippen LogP contribution in [0, 0.1) is 0 Å². The highest BCUT2D eigenvalue weighted by molar-refractivity contribution is 5.63. The highest BCUT2D eigenvalue weighted by atomic mass is 15.3. The zero-order valence-electron chi connectivity index (χ0n) is 10.5. The molecule has 0 unspecified atom stereocenters. The van der Waals surface area contributed by atoms with Gasteiger partial charge in [-0.2, -0.15) is 0 Å². The van der Waals surface area contributed by atoms with Crippen molar-refractivity contribution in [2.75, 3.05) is 18.8 Å². The van der Waals surface area contributed by atoms with Crippen molar-refractivity contribution < 1.29 is 0 Å². The Kier molecular flexibility index (Phi) is 3.15. The third-order valence-electron chi connectivity index (χ3n) is 3.60. The molecule has 0 aliphatic carbocycles. The summed E-state index contributed by atoms with van der Waals surface area (Å²) in [5.74, 6) is 0.985. The molecule has 0 spiro atoms. The van der Waals surface area contributed by atoms with Gasteiger partial charge in [0.2, 0.25) is 0 Å². The second-order valence-corrected chi connectivity index (χ2v) is 4.96. The lowest BCUT2D eigenvalue weighted by Gasteiger charge is -2.18. The monoisotopic (exact) mass is 245 g/mol. The van der Waals surface area contributed by atoms with Gasteiger partial charge >= 0.3 is 0 Å². The Morgan fingerprint density at radius 1 is 1.11 bits per heavy atom. The highest BCUT2D eigenvalue weighted by Gasteiger charge is 2.13. The van der Waals surface area contributed by atoms with E-state index in [4.69, 9.17) is 5.73 Å². The van der Waals surface area contributed by atoms with Gasteiger partial charge in [-0.15, -0.1) is 10.2 Å². The number of hydrogen-bond acceptors (Lipinski definition) is 4. The average Bonchev–Trinajstić information content (AvgIpc) is 2.61. The molecule has 0 bridgehead atoms. The molecule has 0 radical (unpaired) electrons. The number of anilines is 1. The molecule has 3 heterocycles. The Labute approximate surface area is 107 Å². The van der Waals surface area contributed by atoms with Crippen molar-refractivity contribution in [3.8, 4) is 0 Å². The van der Waals surface area contributed by atoms with Crippen molar-refractivity contribution in [1.29, 1.82) is 0 Å². The van der Waals surface area contributed by atoms with Crippen LogP contribution < -0.4 is 5.73 Å². The minimum atomic E-state index is 0.687. The van der Waals surface area contributed by atoms with Crippen molar-refractivity contribution in [1.82, 2.24) is 19.5 Å². The first-order chi connectivity index (χ1) is 8.84. The number of aromatic nitrogens is 3. The number of nitrogens with two attached hydrogens (primary N) is 1. The number of rotatable bonds is 2. The lowest BCUT2D eigenvalue weighted by atomic mass is 10.2. The molecular formula is C13H19N5. The molecule has 96 valence electrons. The van der Waals surface area contributed by atoms with Gasteiger partial charge in [0.05, 0.1) is 12.2 Å². The number of likely N-dealkylation sites (tertiary alicyclic amines) is 1. The zero-order chi connectivity index (χ0) is 12.4. The first-order valence-corrected chi connectivity index (χ1v) is 6.65. The van der Waals surface area contributed by atoms with E-state index in [2.05, 4.69) is 15.1 Å². The van der Waals surface area contributed by atoms with Crippen LogP contribution in [0.25, 0.3) is 5.65 Å². The molecule has 3 rings (SSSR count). The second kappa shape index (κ2) is 4.94. The molecule has 2 aromatic heterocycles. The largest absolute Gasteiger partial charge is 0.396 e. The third kappa shape index (κ3) is 2.18. The number of fused-ring (bicyclic) bond motifs is 1. The van der Waals surface area contributed by atoms with E-state index in [0.29, 0.717) is 5.69 Å². The topological polar surface area (TPSA) is 59.5 Å². The average molecular weight is 245 g/mol.